The van der Waals surface area contributed by atoms with Crippen LogP contribution in [0.2, 0.25) is 16.6 Å². The third kappa shape index (κ3) is 3.49. The summed E-state index contributed by atoms with van der Waals surface area (Å²) in [6, 6.07) is 0. The first kappa shape index (κ1) is 18.9. The first-order valence-electron chi connectivity index (χ1n) is 9.29. The molecule has 4 heteroatoms. The van der Waals surface area contributed by atoms with Crippen molar-refractivity contribution in [3.05, 3.63) is 12.2 Å². The number of ether oxygens (including phenoxy) is 1. The van der Waals surface area contributed by atoms with Gasteiger partial charge in [0.1, 0.15) is 5.60 Å². The molecule has 132 valence electrons. The van der Waals surface area contributed by atoms with Crippen LogP contribution in [0.5, 0.6) is 0 Å². The van der Waals surface area contributed by atoms with Crippen molar-refractivity contribution in [3.8, 4) is 0 Å². The summed E-state index contributed by atoms with van der Waals surface area (Å²) in [5.41, 5.74) is 1.03. The number of hydrogen-bond donors (Lipinski definition) is 0. The molecule has 3 nitrogen and oxygen atoms in total. The van der Waals surface area contributed by atoms with E-state index < -0.39 is 13.9 Å². The van der Waals surface area contributed by atoms with Gasteiger partial charge in [-0.25, -0.2) is 0 Å². The number of rotatable bonds is 5. The molecule has 1 heterocycles. The van der Waals surface area contributed by atoms with Gasteiger partial charge in [-0.3, -0.25) is 4.79 Å². The molecule has 0 bridgehead atoms. The fraction of sp³-hybridized carbons (Fsp3) is 0.842. The zero-order valence-corrected chi connectivity index (χ0v) is 16.7. The van der Waals surface area contributed by atoms with Crippen molar-refractivity contribution in [2.75, 3.05) is 6.61 Å². The zero-order valence-electron chi connectivity index (χ0n) is 15.7. The first-order chi connectivity index (χ1) is 10.7. The Morgan fingerprint density at radius 2 is 1.74 bits per heavy atom. The normalized spacial score (nSPS) is 29.3. The van der Waals surface area contributed by atoms with E-state index in [2.05, 4.69) is 47.6 Å². The van der Waals surface area contributed by atoms with Gasteiger partial charge in [-0.05, 0) is 42.0 Å². The van der Waals surface area contributed by atoms with E-state index in [1.54, 1.807) is 0 Å². The summed E-state index contributed by atoms with van der Waals surface area (Å²) in [7, 11) is -1.91. The summed E-state index contributed by atoms with van der Waals surface area (Å²) in [5.74, 6) is 0.249. The topological polar surface area (TPSA) is 35.5 Å². The van der Waals surface area contributed by atoms with Crippen LogP contribution in [0.15, 0.2) is 12.2 Å². The van der Waals surface area contributed by atoms with Crippen molar-refractivity contribution in [3.63, 3.8) is 0 Å². The molecule has 1 aliphatic carbocycles. The molecular weight excluding hydrogens is 304 g/mol. The SMILES string of the molecule is CC(C)[Si](O[C@H]1C=CC2(CCCCC2=O)OC1)(C(C)C)C(C)C. The molecule has 0 aromatic carbocycles. The Morgan fingerprint density at radius 1 is 1.13 bits per heavy atom. The highest BCUT2D eigenvalue weighted by molar-refractivity contribution is 6.77. The lowest BCUT2D eigenvalue weighted by Crippen LogP contribution is -2.53. The van der Waals surface area contributed by atoms with E-state index >= 15 is 0 Å². The molecule has 0 amide bonds. The summed E-state index contributed by atoms with van der Waals surface area (Å²) in [4.78, 5) is 12.3. The van der Waals surface area contributed by atoms with E-state index in [9.17, 15) is 4.79 Å². The van der Waals surface area contributed by atoms with Crippen LogP contribution in [0, 0.1) is 0 Å². The second kappa shape index (κ2) is 7.20. The Morgan fingerprint density at radius 3 is 2.17 bits per heavy atom. The summed E-state index contributed by atoms with van der Waals surface area (Å²) >= 11 is 0. The Bertz CT molecular complexity index is 434. The van der Waals surface area contributed by atoms with E-state index in [1.165, 1.54) is 0 Å². The predicted molar refractivity (Wildman–Crippen MR) is 97.2 cm³/mol. The quantitative estimate of drug-likeness (QED) is 0.522. The lowest BCUT2D eigenvalue weighted by Gasteiger charge is -2.46. The molecule has 0 aromatic rings. The van der Waals surface area contributed by atoms with Crippen molar-refractivity contribution in [2.24, 2.45) is 0 Å². The maximum absolute atomic E-state index is 12.3. The number of Topliss-reactive ketones (excluding diaryl/α,β-unsaturated/α-hetero) is 1. The number of ketones is 1. The fourth-order valence-electron chi connectivity index (χ4n) is 4.69. The van der Waals surface area contributed by atoms with Crippen molar-refractivity contribution < 1.29 is 14.0 Å². The van der Waals surface area contributed by atoms with Gasteiger partial charge in [0.15, 0.2) is 5.78 Å². The standard InChI is InChI=1S/C19H34O3Si/c1-14(2)23(15(3)4,16(5)6)22-17-10-12-19(21-13-17)11-8-7-9-18(19)20/h10,12,14-17H,7-9,11,13H2,1-6H3/t17-,19?/m0/s1. The van der Waals surface area contributed by atoms with Crippen LogP contribution in [0.25, 0.3) is 0 Å². The highest BCUT2D eigenvalue weighted by atomic mass is 28.4. The minimum atomic E-state index is -1.91. The molecule has 2 rings (SSSR count). The second-order valence-corrected chi connectivity index (χ2v) is 13.6. The number of hydrogen-bond acceptors (Lipinski definition) is 3. The van der Waals surface area contributed by atoms with Crippen LogP contribution in [0.4, 0.5) is 0 Å². The summed E-state index contributed by atoms with van der Waals surface area (Å²) in [5, 5.41) is 0. The summed E-state index contributed by atoms with van der Waals surface area (Å²) in [6.07, 6.45) is 7.67. The van der Waals surface area contributed by atoms with E-state index in [0.717, 1.165) is 19.3 Å². The molecule has 1 unspecified atom stereocenters. The monoisotopic (exact) mass is 338 g/mol. The molecular formula is C19H34O3Si. The Kier molecular flexibility index (Phi) is 5.91. The first-order valence-corrected chi connectivity index (χ1v) is 11.4. The van der Waals surface area contributed by atoms with Gasteiger partial charge in [-0.2, -0.15) is 0 Å². The molecule has 2 atom stereocenters. The second-order valence-electron chi connectivity index (χ2n) is 8.16. The van der Waals surface area contributed by atoms with Gasteiger partial charge in [0, 0.05) is 6.42 Å². The minimum Gasteiger partial charge on any atom is -0.407 e. The smallest absolute Gasteiger partial charge is 0.201 e. The van der Waals surface area contributed by atoms with Crippen molar-refractivity contribution in [2.45, 2.75) is 95.6 Å². The van der Waals surface area contributed by atoms with Gasteiger partial charge in [-0.1, -0.05) is 47.6 Å². The van der Waals surface area contributed by atoms with E-state index in [1.807, 2.05) is 6.08 Å². The van der Waals surface area contributed by atoms with E-state index in [0.29, 0.717) is 29.7 Å². The van der Waals surface area contributed by atoms with Gasteiger partial charge in [0.25, 0.3) is 0 Å². The fourth-order valence-corrected chi connectivity index (χ4v) is 10.2. The average Bonchev–Trinajstić information content (AvgIpc) is 2.48. The molecule has 1 spiro atoms. The Hall–Kier alpha value is -0.453. The molecule has 1 aliphatic heterocycles. The maximum Gasteiger partial charge on any atom is 0.201 e. The molecule has 0 radical (unpaired) electrons. The molecule has 1 fully saturated rings. The highest BCUT2D eigenvalue weighted by Gasteiger charge is 2.48. The summed E-state index contributed by atoms with van der Waals surface area (Å²) < 4.78 is 12.8. The van der Waals surface area contributed by atoms with Crippen LogP contribution in [0.1, 0.15) is 67.2 Å². The lowest BCUT2D eigenvalue weighted by molar-refractivity contribution is -0.146. The van der Waals surface area contributed by atoms with Crippen LogP contribution >= 0.6 is 0 Å². The number of carbonyl (C=O) groups excluding carboxylic acids is 1. The van der Waals surface area contributed by atoms with Gasteiger partial charge in [0.05, 0.1) is 12.7 Å². The predicted octanol–water partition coefficient (Wildman–Crippen LogP) is 5.02. The summed E-state index contributed by atoms with van der Waals surface area (Å²) in [6.45, 7) is 14.3. The lowest BCUT2D eigenvalue weighted by atomic mass is 9.82. The van der Waals surface area contributed by atoms with E-state index in [-0.39, 0.29) is 11.9 Å². The van der Waals surface area contributed by atoms with Crippen LogP contribution < -0.4 is 0 Å². The largest absolute Gasteiger partial charge is 0.407 e. The number of carbonyl (C=O) groups is 1. The molecule has 0 aromatic heterocycles. The van der Waals surface area contributed by atoms with Gasteiger partial charge in [-0.15, -0.1) is 0 Å². The third-order valence-corrected chi connectivity index (χ3v) is 11.9. The van der Waals surface area contributed by atoms with Gasteiger partial charge in [0.2, 0.25) is 8.32 Å². The third-order valence-electron chi connectivity index (χ3n) is 5.82. The van der Waals surface area contributed by atoms with Crippen LogP contribution in [-0.2, 0) is 14.0 Å². The van der Waals surface area contributed by atoms with Crippen LogP contribution in [-0.4, -0.2) is 32.4 Å². The minimum absolute atomic E-state index is 0.00535. The molecule has 0 N–H and O–H groups in total. The van der Waals surface area contributed by atoms with Crippen LogP contribution in [0.3, 0.4) is 0 Å². The van der Waals surface area contributed by atoms with Gasteiger partial charge >= 0.3 is 0 Å². The molecule has 1 saturated carbocycles. The maximum atomic E-state index is 12.3. The van der Waals surface area contributed by atoms with Gasteiger partial charge < -0.3 is 9.16 Å². The highest BCUT2D eigenvalue weighted by Crippen LogP contribution is 2.44. The molecule has 2 aliphatic rings. The Labute approximate surface area is 142 Å². The van der Waals surface area contributed by atoms with Crippen molar-refractivity contribution in [1.82, 2.24) is 0 Å². The van der Waals surface area contributed by atoms with E-state index in [4.69, 9.17) is 9.16 Å². The van der Waals surface area contributed by atoms with Crippen molar-refractivity contribution in [1.29, 1.82) is 0 Å². The molecule has 0 saturated heterocycles. The molecule has 23 heavy (non-hydrogen) atoms. The zero-order chi connectivity index (χ0) is 17.3. The average molecular weight is 339 g/mol. The Balaban J connectivity index is 2.16. The van der Waals surface area contributed by atoms with Crippen molar-refractivity contribution >= 4 is 14.1 Å².